The molecule has 98 valence electrons. The SMILES string of the molecule is NC(c1cccc(C2CCC2)c1)c1ncccc1F. The van der Waals surface area contributed by atoms with Gasteiger partial charge in [-0.3, -0.25) is 4.98 Å². The minimum atomic E-state index is -0.499. The Morgan fingerprint density at radius 2 is 2.05 bits per heavy atom. The highest BCUT2D eigenvalue weighted by Crippen LogP contribution is 2.37. The van der Waals surface area contributed by atoms with E-state index in [9.17, 15) is 4.39 Å². The summed E-state index contributed by atoms with van der Waals surface area (Å²) in [5.74, 6) is 0.310. The summed E-state index contributed by atoms with van der Waals surface area (Å²) in [7, 11) is 0. The van der Waals surface area contributed by atoms with Crippen LogP contribution >= 0.6 is 0 Å². The molecule has 0 saturated heterocycles. The van der Waals surface area contributed by atoms with Crippen molar-refractivity contribution in [3.63, 3.8) is 0 Å². The third-order valence-electron chi connectivity index (χ3n) is 3.93. The highest BCUT2D eigenvalue weighted by Gasteiger charge is 2.21. The van der Waals surface area contributed by atoms with Gasteiger partial charge in [0.15, 0.2) is 0 Å². The molecule has 2 aromatic rings. The minimum Gasteiger partial charge on any atom is -0.319 e. The van der Waals surface area contributed by atoms with Crippen LogP contribution in [-0.4, -0.2) is 4.98 Å². The summed E-state index contributed by atoms with van der Waals surface area (Å²) in [6.07, 6.45) is 5.37. The zero-order valence-corrected chi connectivity index (χ0v) is 10.7. The fourth-order valence-corrected chi connectivity index (χ4v) is 2.53. The lowest BCUT2D eigenvalue weighted by Gasteiger charge is -2.26. The van der Waals surface area contributed by atoms with Crippen molar-refractivity contribution in [1.82, 2.24) is 4.98 Å². The van der Waals surface area contributed by atoms with Crippen LogP contribution in [0.25, 0.3) is 0 Å². The molecule has 1 aliphatic rings. The number of rotatable bonds is 3. The largest absolute Gasteiger partial charge is 0.319 e. The molecule has 0 bridgehead atoms. The minimum absolute atomic E-state index is 0.313. The number of pyridine rings is 1. The highest BCUT2D eigenvalue weighted by molar-refractivity contribution is 5.33. The number of nitrogens with two attached hydrogens (primary N) is 1. The topological polar surface area (TPSA) is 38.9 Å². The van der Waals surface area contributed by atoms with Crippen molar-refractivity contribution in [1.29, 1.82) is 0 Å². The standard InChI is InChI=1S/C16H17FN2/c17-14-8-3-9-19-16(14)15(18)13-7-2-6-12(10-13)11-4-1-5-11/h2-3,6-11,15H,1,4-5,18H2. The Bertz CT molecular complexity index is 578. The monoisotopic (exact) mass is 256 g/mol. The summed E-state index contributed by atoms with van der Waals surface area (Å²) >= 11 is 0. The van der Waals surface area contributed by atoms with Gasteiger partial charge in [-0.05, 0) is 42.0 Å². The van der Waals surface area contributed by atoms with Crippen LogP contribution < -0.4 is 5.73 Å². The van der Waals surface area contributed by atoms with Crippen molar-refractivity contribution in [2.75, 3.05) is 0 Å². The maximum absolute atomic E-state index is 13.7. The normalized spacial score (nSPS) is 16.9. The summed E-state index contributed by atoms with van der Waals surface area (Å²) in [5, 5.41) is 0. The van der Waals surface area contributed by atoms with Crippen molar-refractivity contribution < 1.29 is 4.39 Å². The second kappa shape index (κ2) is 5.10. The van der Waals surface area contributed by atoms with Crippen molar-refractivity contribution >= 4 is 0 Å². The molecule has 1 saturated carbocycles. The lowest BCUT2D eigenvalue weighted by molar-refractivity contribution is 0.419. The molecule has 1 fully saturated rings. The van der Waals surface area contributed by atoms with Crippen molar-refractivity contribution in [2.45, 2.75) is 31.2 Å². The molecule has 3 heteroatoms. The maximum atomic E-state index is 13.7. The van der Waals surface area contributed by atoms with E-state index < -0.39 is 6.04 Å². The molecule has 0 aliphatic heterocycles. The third-order valence-corrected chi connectivity index (χ3v) is 3.93. The van der Waals surface area contributed by atoms with E-state index in [2.05, 4.69) is 17.1 Å². The molecule has 0 radical (unpaired) electrons. The summed E-state index contributed by atoms with van der Waals surface area (Å²) < 4.78 is 13.7. The van der Waals surface area contributed by atoms with Crippen LogP contribution in [0, 0.1) is 5.82 Å². The summed E-state index contributed by atoms with van der Waals surface area (Å²) in [6, 6.07) is 10.7. The molecule has 0 amide bonds. The van der Waals surface area contributed by atoms with Gasteiger partial charge in [-0.25, -0.2) is 4.39 Å². The van der Waals surface area contributed by atoms with Gasteiger partial charge in [0.2, 0.25) is 0 Å². The zero-order valence-electron chi connectivity index (χ0n) is 10.7. The van der Waals surface area contributed by atoms with Gasteiger partial charge in [0, 0.05) is 6.20 Å². The Balaban J connectivity index is 1.91. The Morgan fingerprint density at radius 1 is 1.21 bits per heavy atom. The number of halogens is 1. The average Bonchev–Trinajstić information content (AvgIpc) is 2.37. The van der Waals surface area contributed by atoms with Crippen LogP contribution in [0.15, 0.2) is 42.6 Å². The van der Waals surface area contributed by atoms with E-state index in [1.165, 1.54) is 30.9 Å². The predicted molar refractivity (Wildman–Crippen MR) is 73.3 cm³/mol. The van der Waals surface area contributed by atoms with Crippen LogP contribution in [0.5, 0.6) is 0 Å². The Morgan fingerprint density at radius 3 is 2.74 bits per heavy atom. The lowest BCUT2D eigenvalue weighted by atomic mass is 9.79. The molecule has 1 atom stereocenters. The van der Waals surface area contributed by atoms with Gasteiger partial charge >= 0.3 is 0 Å². The van der Waals surface area contributed by atoms with Gasteiger partial charge < -0.3 is 5.73 Å². The van der Waals surface area contributed by atoms with Gasteiger partial charge in [-0.15, -0.1) is 0 Å². The lowest BCUT2D eigenvalue weighted by Crippen LogP contribution is -2.16. The van der Waals surface area contributed by atoms with Crippen LogP contribution in [0.4, 0.5) is 4.39 Å². The van der Waals surface area contributed by atoms with E-state index in [-0.39, 0.29) is 5.82 Å². The third kappa shape index (κ3) is 2.38. The number of benzene rings is 1. The van der Waals surface area contributed by atoms with Gasteiger partial charge in [0.05, 0.1) is 11.7 Å². The van der Waals surface area contributed by atoms with Crippen molar-refractivity contribution in [3.8, 4) is 0 Å². The fourth-order valence-electron chi connectivity index (χ4n) is 2.53. The first-order valence-corrected chi connectivity index (χ1v) is 6.71. The quantitative estimate of drug-likeness (QED) is 0.912. The van der Waals surface area contributed by atoms with E-state index in [4.69, 9.17) is 5.73 Å². The predicted octanol–water partition coefficient (Wildman–Crippen LogP) is 3.54. The molecule has 19 heavy (non-hydrogen) atoms. The molecule has 1 unspecified atom stereocenters. The summed E-state index contributed by atoms with van der Waals surface area (Å²) in [5.41, 5.74) is 8.70. The van der Waals surface area contributed by atoms with E-state index in [0.717, 1.165) is 5.56 Å². The maximum Gasteiger partial charge on any atom is 0.146 e. The number of hydrogen-bond donors (Lipinski definition) is 1. The van der Waals surface area contributed by atoms with E-state index >= 15 is 0 Å². The molecule has 1 aromatic heterocycles. The van der Waals surface area contributed by atoms with Crippen LogP contribution in [0.3, 0.4) is 0 Å². The fraction of sp³-hybridized carbons (Fsp3) is 0.312. The average molecular weight is 256 g/mol. The van der Waals surface area contributed by atoms with E-state index in [1.807, 2.05) is 12.1 Å². The first kappa shape index (κ1) is 12.3. The van der Waals surface area contributed by atoms with Crippen molar-refractivity contribution in [3.05, 3.63) is 65.2 Å². The number of hydrogen-bond acceptors (Lipinski definition) is 2. The second-order valence-electron chi connectivity index (χ2n) is 5.15. The molecule has 1 aliphatic carbocycles. The Kier molecular flexibility index (Phi) is 3.30. The summed E-state index contributed by atoms with van der Waals surface area (Å²) in [4.78, 5) is 4.06. The number of nitrogens with zero attached hydrogens (tertiary/aromatic N) is 1. The number of aromatic nitrogens is 1. The Labute approximate surface area is 112 Å². The molecular weight excluding hydrogens is 239 g/mol. The molecule has 3 rings (SSSR count). The second-order valence-corrected chi connectivity index (χ2v) is 5.15. The van der Waals surface area contributed by atoms with Gasteiger partial charge in [0.1, 0.15) is 5.82 Å². The highest BCUT2D eigenvalue weighted by atomic mass is 19.1. The molecule has 0 spiro atoms. The van der Waals surface area contributed by atoms with Gasteiger partial charge in [0.25, 0.3) is 0 Å². The zero-order chi connectivity index (χ0) is 13.2. The first-order chi connectivity index (χ1) is 9.25. The van der Waals surface area contributed by atoms with Gasteiger partial charge in [-0.2, -0.15) is 0 Å². The van der Waals surface area contributed by atoms with E-state index in [1.54, 1.807) is 12.3 Å². The molecule has 1 aromatic carbocycles. The van der Waals surface area contributed by atoms with E-state index in [0.29, 0.717) is 11.6 Å². The van der Waals surface area contributed by atoms with Gasteiger partial charge in [-0.1, -0.05) is 30.7 Å². The van der Waals surface area contributed by atoms with Crippen LogP contribution in [0.1, 0.15) is 48.0 Å². The van der Waals surface area contributed by atoms with Crippen molar-refractivity contribution in [2.24, 2.45) is 5.73 Å². The first-order valence-electron chi connectivity index (χ1n) is 6.71. The molecular formula is C16H17FN2. The molecule has 2 nitrogen and oxygen atoms in total. The van der Waals surface area contributed by atoms with Crippen LogP contribution in [0.2, 0.25) is 0 Å². The Hall–Kier alpha value is -1.74. The summed E-state index contributed by atoms with van der Waals surface area (Å²) in [6.45, 7) is 0. The van der Waals surface area contributed by atoms with Crippen LogP contribution in [-0.2, 0) is 0 Å². The molecule has 2 N–H and O–H groups in total. The molecule has 1 heterocycles. The smallest absolute Gasteiger partial charge is 0.146 e.